The summed E-state index contributed by atoms with van der Waals surface area (Å²) in [6.45, 7) is 0.352. The molecule has 0 fully saturated rings. The van der Waals surface area contributed by atoms with E-state index in [9.17, 15) is 0 Å². The van der Waals surface area contributed by atoms with Crippen LogP contribution in [0.5, 0.6) is 5.75 Å². The SMILES string of the molecule is COc1ccc(-c2cc(CN)on2)cc1Br. The molecule has 0 saturated carbocycles. The minimum Gasteiger partial charge on any atom is -0.496 e. The third-order valence-corrected chi connectivity index (χ3v) is 2.83. The van der Waals surface area contributed by atoms with Crippen LogP contribution in [-0.2, 0) is 6.54 Å². The molecule has 2 aromatic rings. The van der Waals surface area contributed by atoms with Crippen LogP contribution in [0, 0.1) is 0 Å². The lowest BCUT2D eigenvalue weighted by molar-refractivity contribution is 0.387. The molecule has 5 heteroatoms. The van der Waals surface area contributed by atoms with Crippen molar-refractivity contribution in [3.05, 3.63) is 34.5 Å². The summed E-state index contributed by atoms with van der Waals surface area (Å²) in [5, 5.41) is 3.94. The van der Waals surface area contributed by atoms with E-state index in [1.807, 2.05) is 24.3 Å². The third-order valence-electron chi connectivity index (χ3n) is 2.21. The monoisotopic (exact) mass is 282 g/mol. The minimum absolute atomic E-state index is 0.352. The van der Waals surface area contributed by atoms with E-state index < -0.39 is 0 Å². The van der Waals surface area contributed by atoms with E-state index in [-0.39, 0.29) is 0 Å². The number of methoxy groups -OCH3 is 1. The van der Waals surface area contributed by atoms with E-state index in [1.165, 1.54) is 0 Å². The number of aromatic nitrogens is 1. The van der Waals surface area contributed by atoms with Gasteiger partial charge >= 0.3 is 0 Å². The second-order valence-electron chi connectivity index (χ2n) is 3.23. The molecule has 1 aromatic heterocycles. The molecule has 1 heterocycles. The largest absolute Gasteiger partial charge is 0.496 e. The summed E-state index contributed by atoms with van der Waals surface area (Å²) < 4.78 is 11.1. The van der Waals surface area contributed by atoms with Gasteiger partial charge in [0.2, 0.25) is 0 Å². The fourth-order valence-corrected chi connectivity index (χ4v) is 1.91. The molecule has 0 amide bonds. The molecule has 0 spiro atoms. The molecular formula is C11H11BrN2O2. The van der Waals surface area contributed by atoms with Gasteiger partial charge in [0.05, 0.1) is 18.1 Å². The van der Waals surface area contributed by atoms with Crippen LogP contribution >= 0.6 is 15.9 Å². The van der Waals surface area contributed by atoms with E-state index in [0.717, 1.165) is 21.5 Å². The zero-order valence-corrected chi connectivity index (χ0v) is 10.3. The highest BCUT2D eigenvalue weighted by Crippen LogP contribution is 2.30. The summed E-state index contributed by atoms with van der Waals surface area (Å²) in [6, 6.07) is 7.54. The average Bonchev–Trinajstić information content (AvgIpc) is 2.77. The molecule has 0 unspecified atom stereocenters. The summed E-state index contributed by atoms with van der Waals surface area (Å²) in [6.07, 6.45) is 0. The predicted molar refractivity (Wildman–Crippen MR) is 64.1 cm³/mol. The molecule has 0 bridgehead atoms. The first-order valence-corrected chi connectivity index (χ1v) is 5.53. The van der Waals surface area contributed by atoms with E-state index in [4.69, 9.17) is 15.0 Å². The highest BCUT2D eigenvalue weighted by atomic mass is 79.9. The summed E-state index contributed by atoms with van der Waals surface area (Å²) in [7, 11) is 1.63. The molecule has 16 heavy (non-hydrogen) atoms. The van der Waals surface area contributed by atoms with Crippen molar-refractivity contribution in [3.63, 3.8) is 0 Å². The van der Waals surface area contributed by atoms with Gasteiger partial charge in [-0.15, -0.1) is 0 Å². The van der Waals surface area contributed by atoms with Gasteiger partial charge in [0.25, 0.3) is 0 Å². The normalized spacial score (nSPS) is 10.4. The van der Waals surface area contributed by atoms with Crippen molar-refractivity contribution in [1.82, 2.24) is 5.16 Å². The van der Waals surface area contributed by atoms with Gasteiger partial charge in [0, 0.05) is 11.6 Å². The third kappa shape index (κ3) is 2.10. The van der Waals surface area contributed by atoms with Crippen LogP contribution in [0.15, 0.2) is 33.3 Å². The number of benzene rings is 1. The molecular weight excluding hydrogens is 272 g/mol. The van der Waals surface area contributed by atoms with Crippen molar-refractivity contribution in [3.8, 4) is 17.0 Å². The maximum atomic E-state index is 5.45. The first-order chi connectivity index (χ1) is 7.74. The van der Waals surface area contributed by atoms with Crippen LogP contribution in [0.4, 0.5) is 0 Å². The number of hydrogen-bond acceptors (Lipinski definition) is 4. The van der Waals surface area contributed by atoms with Crippen LogP contribution in [0.25, 0.3) is 11.3 Å². The van der Waals surface area contributed by atoms with Crippen LogP contribution in [0.2, 0.25) is 0 Å². The van der Waals surface area contributed by atoms with Crippen molar-refractivity contribution < 1.29 is 9.26 Å². The number of halogens is 1. The fraction of sp³-hybridized carbons (Fsp3) is 0.182. The van der Waals surface area contributed by atoms with Gasteiger partial charge in [-0.1, -0.05) is 5.16 Å². The lowest BCUT2D eigenvalue weighted by Gasteiger charge is -2.03. The Balaban J connectivity index is 2.37. The van der Waals surface area contributed by atoms with E-state index in [2.05, 4.69) is 21.1 Å². The van der Waals surface area contributed by atoms with Gasteiger partial charge in [0.1, 0.15) is 11.4 Å². The molecule has 0 aliphatic rings. The molecule has 1 aromatic carbocycles. The van der Waals surface area contributed by atoms with Crippen molar-refractivity contribution in [2.45, 2.75) is 6.54 Å². The second-order valence-corrected chi connectivity index (χ2v) is 4.09. The molecule has 2 N–H and O–H groups in total. The van der Waals surface area contributed by atoms with Crippen molar-refractivity contribution in [1.29, 1.82) is 0 Å². The number of nitrogens with two attached hydrogens (primary N) is 1. The molecule has 0 aliphatic heterocycles. The van der Waals surface area contributed by atoms with Gasteiger partial charge in [0.15, 0.2) is 5.76 Å². The van der Waals surface area contributed by atoms with E-state index in [0.29, 0.717) is 12.3 Å². The zero-order chi connectivity index (χ0) is 11.5. The topological polar surface area (TPSA) is 61.3 Å². The Morgan fingerprint density at radius 3 is 2.81 bits per heavy atom. The lowest BCUT2D eigenvalue weighted by atomic mass is 10.1. The summed E-state index contributed by atoms with van der Waals surface area (Å²) in [5.74, 6) is 1.45. The van der Waals surface area contributed by atoms with Gasteiger partial charge in [-0.25, -0.2) is 0 Å². The molecule has 4 nitrogen and oxygen atoms in total. The highest BCUT2D eigenvalue weighted by Gasteiger charge is 2.07. The Bertz CT molecular complexity index is 496. The van der Waals surface area contributed by atoms with Crippen molar-refractivity contribution in [2.24, 2.45) is 5.73 Å². The predicted octanol–water partition coefficient (Wildman–Crippen LogP) is 2.57. The quantitative estimate of drug-likeness (QED) is 0.940. The van der Waals surface area contributed by atoms with Crippen LogP contribution in [-0.4, -0.2) is 12.3 Å². The first kappa shape index (κ1) is 11.2. The Hall–Kier alpha value is -1.33. The number of nitrogens with zero attached hydrogens (tertiary/aromatic N) is 1. The van der Waals surface area contributed by atoms with Gasteiger partial charge in [-0.3, -0.25) is 0 Å². The first-order valence-electron chi connectivity index (χ1n) is 4.74. The number of rotatable bonds is 3. The van der Waals surface area contributed by atoms with Crippen molar-refractivity contribution >= 4 is 15.9 Å². The Morgan fingerprint density at radius 2 is 2.25 bits per heavy atom. The Labute approximate surface area is 102 Å². The summed E-state index contributed by atoms with van der Waals surface area (Å²) in [4.78, 5) is 0. The standard InChI is InChI=1S/C11H11BrN2O2/c1-15-11-3-2-7(4-9(11)12)10-5-8(6-13)16-14-10/h2-5H,6,13H2,1H3. The smallest absolute Gasteiger partial charge is 0.150 e. The fourth-order valence-electron chi connectivity index (χ4n) is 1.37. The number of ether oxygens (including phenoxy) is 1. The second kappa shape index (κ2) is 4.67. The van der Waals surface area contributed by atoms with Gasteiger partial charge < -0.3 is 15.0 Å². The van der Waals surface area contributed by atoms with E-state index >= 15 is 0 Å². The van der Waals surface area contributed by atoms with Crippen molar-refractivity contribution in [2.75, 3.05) is 7.11 Å². The molecule has 0 radical (unpaired) electrons. The Kier molecular flexibility index (Phi) is 3.26. The minimum atomic E-state index is 0.352. The van der Waals surface area contributed by atoms with Crippen LogP contribution < -0.4 is 10.5 Å². The molecule has 0 aliphatic carbocycles. The van der Waals surface area contributed by atoms with Crippen LogP contribution in [0.3, 0.4) is 0 Å². The van der Waals surface area contributed by atoms with Crippen LogP contribution in [0.1, 0.15) is 5.76 Å². The van der Waals surface area contributed by atoms with Gasteiger partial charge in [-0.2, -0.15) is 0 Å². The zero-order valence-electron chi connectivity index (χ0n) is 8.74. The Morgan fingerprint density at radius 1 is 1.44 bits per heavy atom. The molecule has 0 atom stereocenters. The van der Waals surface area contributed by atoms with Gasteiger partial charge in [-0.05, 0) is 34.1 Å². The molecule has 84 valence electrons. The molecule has 2 rings (SSSR count). The molecule has 0 saturated heterocycles. The maximum absolute atomic E-state index is 5.45. The maximum Gasteiger partial charge on any atom is 0.150 e. The number of hydrogen-bond donors (Lipinski definition) is 1. The summed E-state index contributed by atoms with van der Waals surface area (Å²) in [5.41, 5.74) is 7.18. The average molecular weight is 283 g/mol. The lowest BCUT2D eigenvalue weighted by Crippen LogP contribution is -1.92. The highest BCUT2D eigenvalue weighted by molar-refractivity contribution is 9.10. The van der Waals surface area contributed by atoms with E-state index in [1.54, 1.807) is 7.11 Å². The summed E-state index contributed by atoms with van der Waals surface area (Å²) >= 11 is 3.42.